The molecule has 0 saturated heterocycles. The first-order valence-electron chi connectivity index (χ1n) is 41.8. The summed E-state index contributed by atoms with van der Waals surface area (Å²) >= 11 is 0. The van der Waals surface area contributed by atoms with Gasteiger partial charge in [-0.1, -0.05) is 402 Å². The van der Waals surface area contributed by atoms with Crippen LogP contribution in [0.25, 0.3) is 0 Å². The van der Waals surface area contributed by atoms with Crippen LogP contribution in [-0.2, 0) is 32.7 Å². The summed E-state index contributed by atoms with van der Waals surface area (Å²) in [6.07, 6.45) is 107. The van der Waals surface area contributed by atoms with Gasteiger partial charge in [0.05, 0.1) is 13.2 Å². The smallest absolute Gasteiger partial charge is 0.462 e. The van der Waals surface area contributed by atoms with Crippen molar-refractivity contribution in [1.82, 2.24) is 0 Å². The third-order valence-corrected chi connectivity index (χ3v) is 19.9. The van der Waals surface area contributed by atoms with Gasteiger partial charge in [-0.25, -0.2) is 4.57 Å². The molecular formula is C85H160NO8P. The van der Waals surface area contributed by atoms with Crippen molar-refractivity contribution in [2.75, 3.05) is 26.4 Å². The van der Waals surface area contributed by atoms with E-state index in [0.29, 0.717) is 6.42 Å². The fraction of sp³-hybridized carbons (Fsp3) is 0.859. The number of esters is 2. The summed E-state index contributed by atoms with van der Waals surface area (Å²) in [5.41, 5.74) is 5.42. The largest absolute Gasteiger partial charge is 0.472 e. The van der Waals surface area contributed by atoms with Crippen molar-refractivity contribution in [2.24, 2.45) is 5.73 Å². The molecule has 10 heteroatoms. The van der Waals surface area contributed by atoms with Crippen LogP contribution >= 0.6 is 7.82 Å². The molecule has 0 saturated carbocycles. The molecule has 558 valence electrons. The lowest BCUT2D eigenvalue weighted by molar-refractivity contribution is -0.161. The highest BCUT2D eigenvalue weighted by molar-refractivity contribution is 7.47. The second kappa shape index (κ2) is 80.7. The lowest BCUT2D eigenvalue weighted by atomic mass is 10.0. The van der Waals surface area contributed by atoms with Crippen molar-refractivity contribution in [2.45, 2.75) is 444 Å². The molecule has 0 aromatic carbocycles. The molecule has 0 aromatic heterocycles. The number of hydrogen-bond donors (Lipinski definition) is 2. The predicted molar refractivity (Wildman–Crippen MR) is 413 cm³/mol. The van der Waals surface area contributed by atoms with Crippen molar-refractivity contribution in [3.8, 4) is 0 Å². The highest BCUT2D eigenvalue weighted by atomic mass is 31.2. The number of carbonyl (C=O) groups excluding carboxylic acids is 2. The van der Waals surface area contributed by atoms with E-state index < -0.39 is 26.5 Å². The minimum atomic E-state index is -4.40. The molecule has 0 heterocycles. The van der Waals surface area contributed by atoms with Crippen LogP contribution in [0.15, 0.2) is 60.8 Å². The molecular weight excluding hydrogens is 1190 g/mol. The minimum absolute atomic E-state index is 0.0557. The third kappa shape index (κ3) is 80.6. The maximum Gasteiger partial charge on any atom is 0.472 e. The number of allylic oxidation sites excluding steroid dienone is 10. The highest BCUT2D eigenvalue weighted by Gasteiger charge is 2.26. The van der Waals surface area contributed by atoms with Gasteiger partial charge in [-0.3, -0.25) is 18.6 Å². The fourth-order valence-corrected chi connectivity index (χ4v) is 13.4. The van der Waals surface area contributed by atoms with Crippen LogP contribution in [0.5, 0.6) is 0 Å². The van der Waals surface area contributed by atoms with Crippen LogP contribution in [0, 0.1) is 0 Å². The molecule has 0 aliphatic heterocycles. The zero-order valence-electron chi connectivity index (χ0n) is 63.2. The maximum atomic E-state index is 12.8. The molecule has 95 heavy (non-hydrogen) atoms. The first-order chi connectivity index (χ1) is 46.8. The van der Waals surface area contributed by atoms with Gasteiger partial charge in [-0.05, 0) is 83.5 Å². The number of hydrogen-bond acceptors (Lipinski definition) is 8. The quantitative estimate of drug-likeness (QED) is 0.0264. The Balaban J connectivity index is 3.73. The number of unbranched alkanes of at least 4 members (excludes halogenated alkanes) is 57. The first-order valence-corrected chi connectivity index (χ1v) is 43.3. The number of nitrogens with two attached hydrogens (primary N) is 1. The number of rotatable bonds is 80. The summed E-state index contributed by atoms with van der Waals surface area (Å²) in [6, 6.07) is 0. The van der Waals surface area contributed by atoms with E-state index in [1.54, 1.807) is 0 Å². The average molecular weight is 1360 g/mol. The van der Waals surface area contributed by atoms with E-state index in [4.69, 9.17) is 24.3 Å². The highest BCUT2D eigenvalue weighted by Crippen LogP contribution is 2.43. The zero-order valence-corrected chi connectivity index (χ0v) is 64.1. The molecule has 9 nitrogen and oxygen atoms in total. The van der Waals surface area contributed by atoms with Crippen LogP contribution < -0.4 is 5.73 Å². The van der Waals surface area contributed by atoms with Crippen LogP contribution in [0.2, 0.25) is 0 Å². The fourth-order valence-electron chi connectivity index (χ4n) is 12.7. The molecule has 0 radical (unpaired) electrons. The Morgan fingerprint density at radius 3 is 0.811 bits per heavy atom. The van der Waals surface area contributed by atoms with Crippen LogP contribution in [0.3, 0.4) is 0 Å². The summed E-state index contributed by atoms with van der Waals surface area (Å²) in [6.45, 7) is 3.80. The van der Waals surface area contributed by atoms with E-state index in [-0.39, 0.29) is 38.6 Å². The normalized spacial score (nSPS) is 13.1. The van der Waals surface area contributed by atoms with Gasteiger partial charge in [-0.15, -0.1) is 0 Å². The van der Waals surface area contributed by atoms with E-state index >= 15 is 0 Å². The Kier molecular flexibility index (Phi) is 78.7. The van der Waals surface area contributed by atoms with Gasteiger partial charge in [0.15, 0.2) is 6.10 Å². The summed E-state index contributed by atoms with van der Waals surface area (Å²) in [5.74, 6) is -0.802. The average Bonchev–Trinajstić information content (AvgIpc) is 2.75. The Morgan fingerprint density at radius 2 is 0.547 bits per heavy atom. The molecule has 0 spiro atoms. The molecule has 0 rings (SSSR count). The lowest BCUT2D eigenvalue weighted by Gasteiger charge is -2.19. The number of phosphoric acid groups is 1. The molecule has 0 aliphatic rings. The van der Waals surface area contributed by atoms with Crippen molar-refractivity contribution < 1.29 is 37.6 Å². The molecule has 2 unspecified atom stereocenters. The van der Waals surface area contributed by atoms with Crippen molar-refractivity contribution >= 4 is 19.8 Å². The minimum Gasteiger partial charge on any atom is -0.462 e. The van der Waals surface area contributed by atoms with E-state index in [9.17, 15) is 19.0 Å². The van der Waals surface area contributed by atoms with Gasteiger partial charge in [0, 0.05) is 19.4 Å². The van der Waals surface area contributed by atoms with Gasteiger partial charge in [0.2, 0.25) is 0 Å². The van der Waals surface area contributed by atoms with E-state index in [1.807, 2.05) is 0 Å². The summed E-state index contributed by atoms with van der Waals surface area (Å²) in [5, 5.41) is 0. The van der Waals surface area contributed by atoms with E-state index in [1.165, 1.54) is 353 Å². The SMILES string of the molecule is CCCCCCC/C=C\C/C=C\C/C=C\CCCCCCCCCCCCCCCCCCCCCCCCCCCCC(=O)OC(COC(=O)CCCCCCCCCCCCCCCCCCCCCCC/C=C\C/C=C\CCCCCCC)COP(=O)(O)OCCN. The molecule has 0 aliphatic carbocycles. The van der Waals surface area contributed by atoms with E-state index in [2.05, 4.69) is 74.6 Å². The number of phosphoric ester groups is 1. The van der Waals surface area contributed by atoms with Gasteiger partial charge in [0.25, 0.3) is 0 Å². The molecule has 3 N–H and O–H groups in total. The van der Waals surface area contributed by atoms with Crippen LogP contribution in [0.4, 0.5) is 0 Å². The lowest BCUT2D eigenvalue weighted by Crippen LogP contribution is -2.29. The maximum absolute atomic E-state index is 12.8. The van der Waals surface area contributed by atoms with Gasteiger partial charge in [0.1, 0.15) is 6.61 Å². The molecule has 0 aromatic rings. The second-order valence-corrected chi connectivity index (χ2v) is 29.8. The Labute approximate surface area is 590 Å². The Bertz CT molecular complexity index is 1750. The standard InChI is InChI=1S/C85H160NO8P/c1-3-5-7-9-11-13-15-17-19-21-23-25-27-29-31-33-35-37-38-39-40-41-42-43-44-46-48-50-52-54-56-58-60-62-64-66-68-70-72-74-76-78-85(88)94-83(82-93-95(89,90)92-80-79-86)81-91-84(87)77-75-73-71-69-67-65-63-61-59-57-55-53-51-49-47-45-36-34-32-30-28-26-24-22-20-18-16-14-12-10-8-6-4-2/h15-18,21-24,27,29,83H,3-14,19-20,25-26,28,30-82,86H2,1-2H3,(H,89,90)/b17-15-,18-16-,23-21-,24-22-,29-27-. The van der Waals surface area contributed by atoms with Crippen molar-refractivity contribution in [3.63, 3.8) is 0 Å². The predicted octanol–water partition coefficient (Wildman–Crippen LogP) is 28.1. The third-order valence-electron chi connectivity index (χ3n) is 18.9. The summed E-state index contributed by atoms with van der Waals surface area (Å²) < 4.78 is 33.3. The molecule has 0 amide bonds. The molecule has 0 bridgehead atoms. The van der Waals surface area contributed by atoms with Crippen molar-refractivity contribution in [1.29, 1.82) is 0 Å². The number of ether oxygens (including phenoxy) is 2. The van der Waals surface area contributed by atoms with Crippen molar-refractivity contribution in [3.05, 3.63) is 60.8 Å². The molecule has 0 fully saturated rings. The second-order valence-electron chi connectivity index (χ2n) is 28.3. The monoisotopic (exact) mass is 1350 g/mol. The van der Waals surface area contributed by atoms with Gasteiger partial charge >= 0.3 is 19.8 Å². The van der Waals surface area contributed by atoms with Gasteiger partial charge < -0.3 is 20.1 Å². The summed E-state index contributed by atoms with van der Waals surface area (Å²) in [7, 11) is -4.40. The zero-order chi connectivity index (χ0) is 68.6. The first kappa shape index (κ1) is 92.7. The number of carbonyl (C=O) groups is 2. The molecule has 2 atom stereocenters. The van der Waals surface area contributed by atoms with Crippen LogP contribution in [-0.4, -0.2) is 49.3 Å². The summed E-state index contributed by atoms with van der Waals surface area (Å²) in [4.78, 5) is 35.5. The van der Waals surface area contributed by atoms with E-state index in [0.717, 1.165) is 51.4 Å². The van der Waals surface area contributed by atoms with Gasteiger partial charge in [-0.2, -0.15) is 0 Å². The van der Waals surface area contributed by atoms with Crippen LogP contribution in [0.1, 0.15) is 438 Å². The topological polar surface area (TPSA) is 134 Å². The Morgan fingerprint density at radius 1 is 0.316 bits per heavy atom. The Hall–Kier alpha value is -2.29.